The Balaban J connectivity index is 1.67. The van der Waals surface area contributed by atoms with Crippen LogP contribution in [0.4, 0.5) is 34.1 Å². The van der Waals surface area contributed by atoms with Gasteiger partial charge in [0.2, 0.25) is 0 Å². The molecule has 0 fully saturated rings. The zero-order valence-electron chi connectivity index (χ0n) is 28.8. The number of nitrogens with one attached hydrogen (secondary N) is 1. The maximum absolute atomic E-state index is 12.5. The van der Waals surface area contributed by atoms with Crippen LogP contribution in [0.25, 0.3) is 10.8 Å². The summed E-state index contributed by atoms with van der Waals surface area (Å²) in [6.45, 7) is 2.77. The summed E-state index contributed by atoms with van der Waals surface area (Å²) in [5.74, 6) is -1.74. The predicted molar refractivity (Wildman–Crippen MR) is 200 cm³/mol. The molecule has 5 aromatic rings. The largest absolute Gasteiger partial charge is 0.506 e. The number of azo groups is 2. The first-order chi connectivity index (χ1) is 25.7. The van der Waals surface area contributed by atoms with Crippen LogP contribution in [-0.2, 0) is 39.9 Å². The molecule has 0 saturated carbocycles. The van der Waals surface area contributed by atoms with Crippen LogP contribution in [0.2, 0.25) is 0 Å². The van der Waals surface area contributed by atoms with Crippen molar-refractivity contribution in [3.8, 4) is 17.2 Å². The quantitative estimate of drug-likeness (QED) is 0.0595. The molecule has 0 amide bonds. The summed E-state index contributed by atoms with van der Waals surface area (Å²) in [4.78, 5) is -1.97. The molecule has 0 aliphatic rings. The molecule has 5 aromatic carbocycles. The Morgan fingerprint density at radius 3 is 1.89 bits per heavy atom. The number of sulfone groups is 2. The standard InChI is InChI=1S/C33H31N5O13S4/c1-4-52(41,42)20-9-12-24(30(16-20)55(48,49)50)35-38-32-22-10-14-26(36-37-27-17-29(51-3)31(18-28(27)39)53(43,44)5-2)33(40)23(22)11-13-25(32)34-19-7-6-8-21(15-19)54(45,46)47/h6-18,34,39-40H,4-5H2,1-3H3,(H,45,46,47)(H,48,49,50)/b37-36+,38-35+. The van der Waals surface area contributed by atoms with Gasteiger partial charge in [0.25, 0.3) is 20.2 Å². The van der Waals surface area contributed by atoms with Gasteiger partial charge in [0.15, 0.2) is 25.4 Å². The number of fused-ring (bicyclic) bond motifs is 1. The number of hydrogen-bond donors (Lipinski definition) is 5. The van der Waals surface area contributed by atoms with Gasteiger partial charge in [-0.05, 0) is 60.7 Å². The summed E-state index contributed by atoms with van der Waals surface area (Å²) in [7, 11) is -16.1. The highest BCUT2D eigenvalue weighted by Gasteiger charge is 2.23. The summed E-state index contributed by atoms with van der Waals surface area (Å²) in [6.07, 6.45) is 0. The fourth-order valence-corrected chi connectivity index (χ4v) is 8.28. The van der Waals surface area contributed by atoms with Crippen LogP contribution in [-0.4, -0.2) is 71.6 Å². The highest BCUT2D eigenvalue weighted by molar-refractivity contribution is 7.91. The number of rotatable bonds is 13. The Labute approximate surface area is 315 Å². The third-order valence-electron chi connectivity index (χ3n) is 7.98. The molecule has 22 heteroatoms. The minimum Gasteiger partial charge on any atom is -0.506 e. The summed E-state index contributed by atoms with van der Waals surface area (Å²) in [6, 6.07) is 15.5. The van der Waals surface area contributed by atoms with Gasteiger partial charge >= 0.3 is 0 Å². The lowest BCUT2D eigenvalue weighted by Gasteiger charge is -2.14. The Bertz CT molecular complexity index is 2860. The fourth-order valence-electron chi connectivity index (χ4n) is 5.07. The topological polar surface area (TPSA) is 288 Å². The second kappa shape index (κ2) is 15.3. The summed E-state index contributed by atoms with van der Waals surface area (Å²) < 4.78 is 123. The van der Waals surface area contributed by atoms with E-state index >= 15 is 0 Å². The van der Waals surface area contributed by atoms with Gasteiger partial charge in [-0.25, -0.2) is 16.8 Å². The van der Waals surface area contributed by atoms with E-state index < -0.39 is 71.8 Å². The minimum atomic E-state index is -5.04. The molecule has 5 N–H and O–H groups in total. The van der Waals surface area contributed by atoms with Crippen molar-refractivity contribution in [2.75, 3.05) is 23.9 Å². The molecule has 0 aliphatic carbocycles. The van der Waals surface area contributed by atoms with Gasteiger partial charge in [-0.15, -0.1) is 20.5 Å². The summed E-state index contributed by atoms with van der Waals surface area (Å²) in [5.41, 5.74) is -0.634. The van der Waals surface area contributed by atoms with Gasteiger partial charge in [0.05, 0.1) is 34.1 Å². The second-order valence-corrected chi connectivity index (χ2v) is 18.8. The van der Waals surface area contributed by atoms with Crippen LogP contribution in [0.5, 0.6) is 17.2 Å². The Kier molecular flexibility index (Phi) is 11.3. The molecule has 0 unspecified atom stereocenters. The van der Waals surface area contributed by atoms with Crippen molar-refractivity contribution in [2.24, 2.45) is 20.5 Å². The zero-order chi connectivity index (χ0) is 40.5. The van der Waals surface area contributed by atoms with Crippen LogP contribution in [0.15, 0.2) is 119 Å². The Morgan fingerprint density at radius 1 is 0.618 bits per heavy atom. The maximum Gasteiger partial charge on any atom is 0.296 e. The second-order valence-electron chi connectivity index (χ2n) is 11.4. The summed E-state index contributed by atoms with van der Waals surface area (Å²) >= 11 is 0. The number of aromatic hydroxyl groups is 2. The lowest BCUT2D eigenvalue weighted by Crippen LogP contribution is -2.06. The Hall–Kier alpha value is -5.52. The van der Waals surface area contributed by atoms with Crippen LogP contribution < -0.4 is 10.1 Å². The molecular weight excluding hydrogens is 803 g/mol. The summed E-state index contributed by atoms with van der Waals surface area (Å²) in [5, 5.41) is 41.1. The number of ether oxygens (including phenoxy) is 1. The van der Waals surface area contributed by atoms with Crippen molar-refractivity contribution in [1.82, 2.24) is 0 Å². The monoisotopic (exact) mass is 833 g/mol. The molecular formula is C33H31N5O13S4. The molecule has 290 valence electrons. The van der Waals surface area contributed by atoms with E-state index in [0.29, 0.717) is 0 Å². The normalized spacial score (nSPS) is 12.8. The van der Waals surface area contributed by atoms with Gasteiger partial charge in [-0.3, -0.25) is 9.11 Å². The van der Waals surface area contributed by atoms with Gasteiger partial charge in [0, 0.05) is 28.6 Å². The molecule has 0 bridgehead atoms. The minimum absolute atomic E-state index is 0.0771. The van der Waals surface area contributed by atoms with E-state index in [4.69, 9.17) is 4.74 Å². The van der Waals surface area contributed by atoms with Crippen LogP contribution >= 0.6 is 0 Å². The number of benzene rings is 5. The molecule has 55 heavy (non-hydrogen) atoms. The van der Waals surface area contributed by atoms with Crippen molar-refractivity contribution in [1.29, 1.82) is 0 Å². The molecule has 0 aromatic heterocycles. The van der Waals surface area contributed by atoms with E-state index in [-0.39, 0.29) is 61.4 Å². The molecule has 0 atom stereocenters. The first kappa shape index (κ1) is 40.7. The number of nitrogens with zero attached hydrogens (tertiary/aromatic N) is 4. The Morgan fingerprint density at radius 2 is 1.25 bits per heavy atom. The van der Waals surface area contributed by atoms with Crippen LogP contribution in [0, 0.1) is 0 Å². The average molecular weight is 834 g/mol. The van der Waals surface area contributed by atoms with Gasteiger partial charge in [0.1, 0.15) is 44.0 Å². The third-order valence-corrected chi connectivity index (χ3v) is 13.2. The predicted octanol–water partition coefficient (Wildman–Crippen LogP) is 6.91. The highest BCUT2D eigenvalue weighted by Crippen LogP contribution is 2.45. The van der Waals surface area contributed by atoms with Crippen molar-refractivity contribution in [3.63, 3.8) is 0 Å². The van der Waals surface area contributed by atoms with Crippen molar-refractivity contribution in [3.05, 3.63) is 78.9 Å². The van der Waals surface area contributed by atoms with Gasteiger partial charge in [-0.1, -0.05) is 19.9 Å². The lowest BCUT2D eigenvalue weighted by atomic mass is 10.0. The van der Waals surface area contributed by atoms with Gasteiger partial charge < -0.3 is 20.3 Å². The molecule has 0 saturated heterocycles. The molecule has 0 aliphatic heterocycles. The zero-order valence-corrected chi connectivity index (χ0v) is 32.1. The molecule has 18 nitrogen and oxygen atoms in total. The SMILES string of the molecule is CCS(=O)(=O)c1ccc(/N=N/c2c(Nc3cccc(S(=O)(=O)O)c3)ccc3c(O)c(/N=N/c4cc(OC)c(S(=O)(=O)CC)cc4O)ccc23)c(S(=O)(=O)O)c1. The van der Waals surface area contributed by atoms with Crippen molar-refractivity contribution >= 4 is 84.8 Å². The van der Waals surface area contributed by atoms with Crippen LogP contribution in [0.3, 0.4) is 0 Å². The number of hydrogen-bond acceptors (Lipinski definition) is 16. The van der Waals surface area contributed by atoms with Crippen LogP contribution in [0.1, 0.15) is 13.8 Å². The average Bonchev–Trinajstić information content (AvgIpc) is 3.13. The van der Waals surface area contributed by atoms with Crippen molar-refractivity contribution in [2.45, 2.75) is 33.4 Å². The van der Waals surface area contributed by atoms with E-state index in [0.717, 1.165) is 42.5 Å². The first-order valence-electron chi connectivity index (χ1n) is 15.6. The number of phenols is 2. The van der Waals surface area contributed by atoms with E-state index in [1.54, 1.807) is 0 Å². The molecule has 0 heterocycles. The van der Waals surface area contributed by atoms with E-state index in [9.17, 15) is 53.0 Å². The smallest absolute Gasteiger partial charge is 0.296 e. The molecule has 0 spiro atoms. The van der Waals surface area contributed by atoms with Gasteiger partial charge in [-0.2, -0.15) is 16.8 Å². The molecule has 0 radical (unpaired) electrons. The van der Waals surface area contributed by atoms with E-state index in [2.05, 4.69) is 25.8 Å². The van der Waals surface area contributed by atoms with Crippen molar-refractivity contribution < 1.29 is 57.7 Å². The maximum atomic E-state index is 12.5. The van der Waals surface area contributed by atoms with E-state index in [1.807, 2.05) is 0 Å². The lowest BCUT2D eigenvalue weighted by molar-refractivity contribution is 0.399. The molecule has 5 rings (SSSR count). The third kappa shape index (κ3) is 8.74. The first-order valence-corrected chi connectivity index (χ1v) is 21.8. The number of anilines is 2. The fraction of sp³-hybridized carbons (Fsp3) is 0.152. The highest BCUT2D eigenvalue weighted by atomic mass is 32.2. The van der Waals surface area contributed by atoms with E-state index in [1.165, 1.54) is 57.4 Å². The number of phenolic OH excluding ortho intramolecular Hbond substituents is 2. The number of methoxy groups -OCH3 is 1.